The Bertz CT molecular complexity index is 1720. The molecule has 1 aromatic heterocycles. The summed E-state index contributed by atoms with van der Waals surface area (Å²) < 4.78 is 46.8. The molecule has 1 heterocycles. The normalized spacial score (nSPS) is 10.9. The maximum absolute atomic E-state index is 13.8. The first kappa shape index (κ1) is 29.5. The fourth-order valence-electron chi connectivity index (χ4n) is 4.08. The molecule has 0 aliphatic rings. The number of aromatic carboxylic acids is 2. The topological polar surface area (TPSA) is 126 Å². The Balaban J connectivity index is 0.000000283. The van der Waals surface area contributed by atoms with Gasteiger partial charge in [0.15, 0.2) is 0 Å². The van der Waals surface area contributed by atoms with E-state index in [0.29, 0.717) is 17.0 Å². The summed E-state index contributed by atoms with van der Waals surface area (Å²) in [7, 11) is 1.79. The number of carbonyl (C=O) groups is 2. The number of benzene rings is 4. The van der Waals surface area contributed by atoms with E-state index in [4.69, 9.17) is 14.7 Å². The number of carboxylic acid groups (broad SMARTS) is 2. The Kier molecular flexibility index (Phi) is 8.70. The zero-order valence-electron chi connectivity index (χ0n) is 22.3. The van der Waals surface area contributed by atoms with Crippen molar-refractivity contribution in [2.24, 2.45) is 0 Å². The van der Waals surface area contributed by atoms with E-state index >= 15 is 0 Å². The Labute approximate surface area is 238 Å². The number of nitrogens with zero attached hydrogens (tertiary/aromatic N) is 2. The maximum atomic E-state index is 13.8. The molecule has 0 aliphatic carbocycles. The van der Waals surface area contributed by atoms with Crippen molar-refractivity contribution in [2.75, 3.05) is 12.4 Å². The molecule has 0 unspecified atom stereocenters. The number of halogens is 3. The Morgan fingerprint density at radius 3 is 2.07 bits per heavy atom. The summed E-state index contributed by atoms with van der Waals surface area (Å²) in [5, 5.41) is 23.9. The molecule has 214 valence electrons. The van der Waals surface area contributed by atoms with Gasteiger partial charge in [-0.2, -0.15) is 18.2 Å². The molecule has 42 heavy (non-hydrogen) atoms. The highest BCUT2D eigenvalue weighted by Gasteiger charge is 2.34. The van der Waals surface area contributed by atoms with Crippen LogP contribution in [0, 0.1) is 6.92 Å². The number of rotatable bonds is 6. The van der Waals surface area contributed by atoms with Crippen molar-refractivity contribution in [1.82, 2.24) is 10.1 Å². The lowest BCUT2D eigenvalue weighted by Crippen LogP contribution is -2.08. The molecule has 3 N–H and O–H groups in total. The molecule has 0 aliphatic heterocycles. The lowest BCUT2D eigenvalue weighted by atomic mass is 9.94. The standard InChI is InChI=1S/C23H18F3N3O.C8H6O4/c1-14-6-3-4-9-18(14)19-11-10-16(13-20(19)23(24,25)26)22-28-21(29-30-22)15-7-5-8-17(12-15)27-2;9-7(10)5-2-1-3-6(4-5)8(11)12/h3-13,27H,1-2H3;1-4H,(H,9,10)(H,11,12). The number of nitrogens with one attached hydrogen (secondary N) is 1. The molecule has 0 fully saturated rings. The first-order valence-corrected chi connectivity index (χ1v) is 12.4. The second kappa shape index (κ2) is 12.4. The quantitative estimate of drug-likeness (QED) is 0.190. The average Bonchev–Trinajstić information content (AvgIpc) is 3.48. The van der Waals surface area contributed by atoms with Crippen LogP contribution in [0.3, 0.4) is 0 Å². The first-order chi connectivity index (χ1) is 20.0. The van der Waals surface area contributed by atoms with Crippen LogP contribution in [0.15, 0.2) is 95.5 Å². The summed E-state index contributed by atoms with van der Waals surface area (Å²) in [5.74, 6) is -1.92. The second-order valence-electron chi connectivity index (χ2n) is 9.02. The van der Waals surface area contributed by atoms with E-state index in [0.717, 1.165) is 23.4 Å². The number of aromatic nitrogens is 2. The van der Waals surface area contributed by atoms with Crippen LogP contribution >= 0.6 is 0 Å². The van der Waals surface area contributed by atoms with Crippen molar-refractivity contribution in [3.05, 3.63) is 113 Å². The maximum Gasteiger partial charge on any atom is 0.417 e. The van der Waals surface area contributed by atoms with Crippen molar-refractivity contribution >= 4 is 17.6 Å². The van der Waals surface area contributed by atoms with E-state index in [2.05, 4.69) is 15.5 Å². The number of anilines is 1. The van der Waals surface area contributed by atoms with Crippen LogP contribution in [0.4, 0.5) is 18.9 Å². The van der Waals surface area contributed by atoms with Crippen LogP contribution in [0.2, 0.25) is 0 Å². The first-order valence-electron chi connectivity index (χ1n) is 12.4. The lowest BCUT2D eigenvalue weighted by molar-refractivity contribution is -0.137. The summed E-state index contributed by atoms with van der Waals surface area (Å²) in [6, 6.07) is 23.6. The van der Waals surface area contributed by atoms with Crippen LogP contribution in [0.25, 0.3) is 34.0 Å². The minimum atomic E-state index is -4.53. The summed E-state index contributed by atoms with van der Waals surface area (Å²) >= 11 is 0. The summed E-state index contributed by atoms with van der Waals surface area (Å²) in [4.78, 5) is 25.1. The second-order valence-corrected chi connectivity index (χ2v) is 9.02. The number of alkyl halides is 3. The largest absolute Gasteiger partial charge is 0.478 e. The van der Waals surface area contributed by atoms with Gasteiger partial charge in [0.05, 0.1) is 16.7 Å². The number of hydrogen-bond acceptors (Lipinski definition) is 6. The molecule has 4 aromatic carbocycles. The molecule has 0 atom stereocenters. The van der Waals surface area contributed by atoms with Crippen LogP contribution in [-0.2, 0) is 6.18 Å². The molecule has 0 spiro atoms. The predicted molar refractivity (Wildman–Crippen MR) is 150 cm³/mol. The Hall–Kier alpha value is -5.45. The third kappa shape index (κ3) is 6.81. The van der Waals surface area contributed by atoms with E-state index in [1.54, 1.807) is 50.4 Å². The fourth-order valence-corrected chi connectivity index (χ4v) is 4.08. The van der Waals surface area contributed by atoms with Crippen LogP contribution in [-0.4, -0.2) is 39.3 Å². The molecule has 0 amide bonds. The van der Waals surface area contributed by atoms with Crippen LogP contribution < -0.4 is 5.32 Å². The van der Waals surface area contributed by atoms with Gasteiger partial charge in [0, 0.05) is 23.9 Å². The monoisotopic (exact) mass is 575 g/mol. The predicted octanol–water partition coefficient (Wildman–Crippen LogP) is 7.52. The van der Waals surface area contributed by atoms with Gasteiger partial charge in [0.1, 0.15) is 0 Å². The van der Waals surface area contributed by atoms with Crippen LogP contribution in [0.5, 0.6) is 0 Å². The van der Waals surface area contributed by atoms with Crippen LogP contribution in [0.1, 0.15) is 31.8 Å². The molecule has 0 bridgehead atoms. The summed E-state index contributed by atoms with van der Waals surface area (Å²) in [6.45, 7) is 1.78. The molecule has 5 aromatic rings. The van der Waals surface area contributed by atoms with E-state index in [9.17, 15) is 22.8 Å². The number of hydrogen-bond donors (Lipinski definition) is 3. The van der Waals surface area contributed by atoms with Crippen molar-refractivity contribution in [1.29, 1.82) is 0 Å². The molecule has 0 radical (unpaired) electrons. The Morgan fingerprint density at radius 2 is 1.45 bits per heavy atom. The zero-order chi connectivity index (χ0) is 30.4. The minimum Gasteiger partial charge on any atom is -0.478 e. The van der Waals surface area contributed by atoms with Crippen molar-refractivity contribution in [2.45, 2.75) is 13.1 Å². The van der Waals surface area contributed by atoms with Gasteiger partial charge in [-0.3, -0.25) is 0 Å². The smallest absolute Gasteiger partial charge is 0.417 e. The van der Waals surface area contributed by atoms with Gasteiger partial charge in [-0.15, -0.1) is 0 Å². The van der Waals surface area contributed by atoms with Gasteiger partial charge in [0.25, 0.3) is 5.89 Å². The van der Waals surface area contributed by atoms with E-state index in [1.165, 1.54) is 24.3 Å². The van der Waals surface area contributed by atoms with E-state index < -0.39 is 23.7 Å². The summed E-state index contributed by atoms with van der Waals surface area (Å²) in [5.41, 5.74) is 2.40. The fraction of sp³-hybridized carbons (Fsp3) is 0.0968. The van der Waals surface area contributed by atoms with Gasteiger partial charge in [-0.25, -0.2) is 9.59 Å². The van der Waals surface area contributed by atoms with E-state index in [-0.39, 0.29) is 28.1 Å². The van der Waals surface area contributed by atoms with E-state index in [1.807, 2.05) is 18.2 Å². The molecule has 11 heteroatoms. The highest BCUT2D eigenvalue weighted by molar-refractivity contribution is 5.93. The lowest BCUT2D eigenvalue weighted by Gasteiger charge is -2.15. The Morgan fingerprint density at radius 1 is 0.786 bits per heavy atom. The number of carboxylic acids is 2. The highest BCUT2D eigenvalue weighted by Crippen LogP contribution is 2.40. The third-order valence-corrected chi connectivity index (χ3v) is 6.20. The molecule has 5 rings (SSSR count). The third-order valence-electron chi connectivity index (χ3n) is 6.20. The SMILES string of the molecule is CNc1cccc(-c2noc(-c3ccc(-c4ccccc4C)c(C(F)(F)F)c3)n2)c1.O=C(O)c1cccc(C(=O)O)c1. The van der Waals surface area contributed by atoms with Gasteiger partial charge in [-0.05, 0) is 66.1 Å². The molecule has 0 saturated heterocycles. The van der Waals surface area contributed by atoms with Crippen molar-refractivity contribution in [3.63, 3.8) is 0 Å². The number of aryl methyl sites for hydroxylation is 1. The van der Waals surface area contributed by atoms with Gasteiger partial charge >= 0.3 is 18.1 Å². The highest BCUT2D eigenvalue weighted by atomic mass is 19.4. The molecular weight excluding hydrogens is 551 g/mol. The molecular formula is C31H24F3N3O5. The minimum absolute atomic E-state index is 0.0186. The van der Waals surface area contributed by atoms with Crippen molar-refractivity contribution < 1.29 is 37.5 Å². The summed E-state index contributed by atoms with van der Waals surface area (Å²) in [6.07, 6.45) is -4.53. The van der Waals surface area contributed by atoms with Gasteiger partial charge in [0.2, 0.25) is 5.82 Å². The van der Waals surface area contributed by atoms with Gasteiger partial charge in [-0.1, -0.05) is 53.7 Å². The van der Waals surface area contributed by atoms with Crippen molar-refractivity contribution in [3.8, 4) is 34.0 Å². The molecule has 0 saturated carbocycles. The molecule has 8 nitrogen and oxygen atoms in total. The zero-order valence-corrected chi connectivity index (χ0v) is 22.3. The average molecular weight is 576 g/mol. The van der Waals surface area contributed by atoms with Gasteiger partial charge < -0.3 is 20.1 Å².